The number of anilines is 1. The Hall–Kier alpha value is -3.15. The summed E-state index contributed by atoms with van der Waals surface area (Å²) in [7, 11) is 0. The van der Waals surface area contributed by atoms with Gasteiger partial charge in [-0.25, -0.2) is 4.79 Å². The van der Waals surface area contributed by atoms with E-state index in [9.17, 15) is 19.5 Å². The average molecular weight is 394 g/mol. The van der Waals surface area contributed by atoms with Crippen LogP contribution in [0.15, 0.2) is 42.5 Å². The Kier molecular flexibility index (Phi) is 6.32. The molecule has 0 spiro atoms. The van der Waals surface area contributed by atoms with Gasteiger partial charge in [-0.3, -0.25) is 9.59 Å². The molecule has 2 aromatic carbocycles. The first-order chi connectivity index (χ1) is 14.0. The standard InChI is InChI=1S/C23H26N2O4/c1-2-16(21(26)15-9-5-3-6-10-15)19-17(11-12-18(20(19)24)23(28)29)22(27)25-13-7-4-8-14-25/h3,5-6,9-12,16H,2,4,7-8,13-14,24H2,1H3,(H,28,29). The van der Waals surface area contributed by atoms with Crippen LogP contribution in [0.3, 0.4) is 0 Å². The van der Waals surface area contributed by atoms with Crippen LogP contribution in [0.25, 0.3) is 0 Å². The molecule has 1 atom stereocenters. The molecule has 0 bridgehead atoms. The quantitative estimate of drug-likeness (QED) is 0.570. The van der Waals surface area contributed by atoms with E-state index in [4.69, 9.17) is 5.73 Å². The van der Waals surface area contributed by atoms with Gasteiger partial charge in [-0.15, -0.1) is 0 Å². The van der Waals surface area contributed by atoms with Crippen LogP contribution in [0.5, 0.6) is 0 Å². The molecule has 1 aliphatic heterocycles. The summed E-state index contributed by atoms with van der Waals surface area (Å²) in [6.45, 7) is 3.15. The normalized spacial score (nSPS) is 15.0. The minimum atomic E-state index is -1.18. The Bertz CT molecular complexity index is 918. The summed E-state index contributed by atoms with van der Waals surface area (Å²) in [5, 5.41) is 9.52. The summed E-state index contributed by atoms with van der Waals surface area (Å²) >= 11 is 0. The number of carboxylic acid groups (broad SMARTS) is 1. The van der Waals surface area contributed by atoms with Gasteiger partial charge in [-0.05, 0) is 43.4 Å². The lowest BCUT2D eigenvalue weighted by molar-refractivity contribution is 0.0691. The number of likely N-dealkylation sites (tertiary alicyclic amines) is 1. The van der Waals surface area contributed by atoms with Gasteiger partial charge in [-0.1, -0.05) is 37.3 Å². The first-order valence-corrected chi connectivity index (χ1v) is 9.99. The van der Waals surface area contributed by atoms with Crippen molar-refractivity contribution in [2.24, 2.45) is 0 Å². The number of amides is 1. The molecule has 0 radical (unpaired) electrons. The molecule has 0 saturated carbocycles. The summed E-state index contributed by atoms with van der Waals surface area (Å²) in [6, 6.07) is 11.7. The molecule has 0 aromatic heterocycles. The lowest BCUT2D eigenvalue weighted by atomic mass is 9.83. The van der Waals surface area contributed by atoms with E-state index in [-0.39, 0.29) is 22.9 Å². The van der Waals surface area contributed by atoms with Gasteiger partial charge in [0, 0.05) is 30.1 Å². The highest BCUT2D eigenvalue weighted by molar-refractivity contribution is 6.07. The molecule has 1 amide bonds. The number of nitrogen functional groups attached to an aromatic ring is 1. The molecule has 1 fully saturated rings. The van der Waals surface area contributed by atoms with Crippen LogP contribution < -0.4 is 5.73 Å². The SMILES string of the molecule is CCC(C(=O)c1ccccc1)c1c(C(=O)N2CCCCC2)ccc(C(=O)O)c1N. The Balaban J connectivity index is 2.12. The zero-order chi connectivity index (χ0) is 21.0. The molecule has 1 unspecified atom stereocenters. The number of carbonyl (C=O) groups excluding carboxylic acids is 2. The Labute approximate surface area is 170 Å². The fourth-order valence-corrected chi connectivity index (χ4v) is 3.98. The first kappa shape index (κ1) is 20.6. The molecule has 29 heavy (non-hydrogen) atoms. The van der Waals surface area contributed by atoms with E-state index in [0.717, 1.165) is 19.3 Å². The highest BCUT2D eigenvalue weighted by Crippen LogP contribution is 2.35. The number of aromatic carboxylic acids is 1. The van der Waals surface area contributed by atoms with Crippen LogP contribution in [0.1, 0.15) is 75.2 Å². The van der Waals surface area contributed by atoms with Gasteiger partial charge in [0.15, 0.2) is 5.78 Å². The van der Waals surface area contributed by atoms with Crippen molar-refractivity contribution in [3.63, 3.8) is 0 Å². The monoisotopic (exact) mass is 394 g/mol. The third kappa shape index (κ3) is 4.16. The number of hydrogen-bond acceptors (Lipinski definition) is 4. The molecular formula is C23H26N2O4. The van der Waals surface area contributed by atoms with Crippen LogP contribution in [0.4, 0.5) is 5.69 Å². The van der Waals surface area contributed by atoms with Crippen LogP contribution in [-0.2, 0) is 0 Å². The van der Waals surface area contributed by atoms with Gasteiger partial charge in [0.05, 0.1) is 11.3 Å². The van der Waals surface area contributed by atoms with E-state index < -0.39 is 11.9 Å². The van der Waals surface area contributed by atoms with Crippen LogP contribution in [0.2, 0.25) is 0 Å². The first-order valence-electron chi connectivity index (χ1n) is 9.99. The van der Waals surface area contributed by atoms with Gasteiger partial charge in [-0.2, -0.15) is 0 Å². The van der Waals surface area contributed by atoms with Gasteiger partial charge >= 0.3 is 5.97 Å². The predicted molar refractivity (Wildman–Crippen MR) is 111 cm³/mol. The van der Waals surface area contributed by atoms with Crippen molar-refractivity contribution >= 4 is 23.3 Å². The third-order valence-electron chi connectivity index (χ3n) is 5.52. The van der Waals surface area contributed by atoms with Gasteiger partial charge in [0.1, 0.15) is 0 Å². The van der Waals surface area contributed by atoms with Crippen molar-refractivity contribution in [2.45, 2.75) is 38.5 Å². The zero-order valence-electron chi connectivity index (χ0n) is 16.6. The van der Waals surface area contributed by atoms with E-state index in [1.807, 2.05) is 13.0 Å². The maximum atomic E-state index is 13.2. The van der Waals surface area contributed by atoms with E-state index in [0.29, 0.717) is 36.2 Å². The topological polar surface area (TPSA) is 101 Å². The minimum Gasteiger partial charge on any atom is -0.478 e. The van der Waals surface area contributed by atoms with Crippen molar-refractivity contribution in [3.05, 3.63) is 64.7 Å². The van der Waals surface area contributed by atoms with Gasteiger partial charge in [0.2, 0.25) is 0 Å². The lowest BCUT2D eigenvalue weighted by Gasteiger charge is -2.29. The molecule has 1 heterocycles. The molecule has 1 saturated heterocycles. The second-order valence-electron chi connectivity index (χ2n) is 7.34. The van der Waals surface area contributed by atoms with E-state index in [1.54, 1.807) is 29.2 Å². The van der Waals surface area contributed by atoms with Crippen LogP contribution in [0, 0.1) is 0 Å². The molecule has 2 aromatic rings. The number of rotatable bonds is 6. The number of Topliss-reactive ketones (excluding diaryl/α,β-unsaturated/α-hetero) is 1. The van der Waals surface area contributed by atoms with Crippen molar-refractivity contribution in [2.75, 3.05) is 18.8 Å². The summed E-state index contributed by atoms with van der Waals surface area (Å²) in [6.07, 6.45) is 3.36. The fourth-order valence-electron chi connectivity index (χ4n) is 3.98. The van der Waals surface area contributed by atoms with E-state index >= 15 is 0 Å². The number of ketones is 1. The molecule has 6 nitrogen and oxygen atoms in total. The maximum Gasteiger partial charge on any atom is 0.337 e. The number of hydrogen-bond donors (Lipinski definition) is 2. The van der Waals surface area contributed by atoms with Crippen LogP contribution >= 0.6 is 0 Å². The second kappa shape index (κ2) is 8.90. The average Bonchev–Trinajstić information content (AvgIpc) is 2.75. The Morgan fingerprint density at radius 1 is 1.00 bits per heavy atom. The number of nitrogens with zero attached hydrogens (tertiary/aromatic N) is 1. The highest BCUT2D eigenvalue weighted by atomic mass is 16.4. The molecule has 6 heteroatoms. The lowest BCUT2D eigenvalue weighted by Crippen LogP contribution is -2.36. The van der Waals surface area contributed by atoms with Gasteiger partial charge in [0.25, 0.3) is 5.91 Å². The summed E-state index contributed by atoms with van der Waals surface area (Å²) in [4.78, 5) is 39.9. The number of nitrogens with two attached hydrogens (primary N) is 1. The third-order valence-corrected chi connectivity index (χ3v) is 5.52. The number of carbonyl (C=O) groups is 3. The predicted octanol–water partition coefficient (Wildman–Crippen LogP) is 3.97. The van der Waals surface area contributed by atoms with Crippen molar-refractivity contribution in [3.8, 4) is 0 Å². The minimum absolute atomic E-state index is 0.00325. The zero-order valence-corrected chi connectivity index (χ0v) is 16.6. The largest absolute Gasteiger partial charge is 0.478 e. The number of piperidine rings is 1. The van der Waals surface area contributed by atoms with E-state index in [2.05, 4.69) is 0 Å². The van der Waals surface area contributed by atoms with Crippen molar-refractivity contribution in [1.29, 1.82) is 0 Å². The molecular weight excluding hydrogens is 368 g/mol. The number of carboxylic acids is 1. The Morgan fingerprint density at radius 2 is 1.62 bits per heavy atom. The summed E-state index contributed by atoms with van der Waals surface area (Å²) < 4.78 is 0. The van der Waals surface area contributed by atoms with Crippen molar-refractivity contribution in [1.82, 2.24) is 4.90 Å². The second-order valence-corrected chi connectivity index (χ2v) is 7.34. The van der Waals surface area contributed by atoms with Crippen molar-refractivity contribution < 1.29 is 19.5 Å². The molecule has 0 aliphatic carbocycles. The molecule has 3 N–H and O–H groups in total. The number of benzene rings is 2. The fraction of sp³-hybridized carbons (Fsp3) is 0.348. The molecule has 3 rings (SSSR count). The Morgan fingerprint density at radius 3 is 2.21 bits per heavy atom. The smallest absolute Gasteiger partial charge is 0.337 e. The highest BCUT2D eigenvalue weighted by Gasteiger charge is 2.31. The molecule has 1 aliphatic rings. The summed E-state index contributed by atoms with van der Waals surface area (Å²) in [5.74, 6) is -2.24. The summed E-state index contributed by atoms with van der Waals surface area (Å²) in [5.41, 5.74) is 7.31. The van der Waals surface area contributed by atoms with Crippen LogP contribution in [-0.4, -0.2) is 40.8 Å². The van der Waals surface area contributed by atoms with Gasteiger partial charge < -0.3 is 15.7 Å². The van der Waals surface area contributed by atoms with E-state index in [1.165, 1.54) is 12.1 Å². The molecule has 152 valence electrons. The maximum absolute atomic E-state index is 13.2.